The Morgan fingerprint density at radius 1 is 1.19 bits per heavy atom. The Morgan fingerprint density at radius 2 is 1.81 bits per heavy atom. The first kappa shape index (κ1) is 18.4. The van der Waals surface area contributed by atoms with E-state index in [0.29, 0.717) is 5.71 Å². The van der Waals surface area contributed by atoms with E-state index in [0.717, 1.165) is 0 Å². The first-order valence-electron chi connectivity index (χ1n) is 6.57. The van der Waals surface area contributed by atoms with E-state index in [1.165, 1.54) is 19.2 Å². The van der Waals surface area contributed by atoms with Gasteiger partial charge in [0.1, 0.15) is 0 Å². The van der Waals surface area contributed by atoms with Crippen LogP contribution in [0.15, 0.2) is 23.3 Å². The molecule has 0 spiro atoms. The Bertz CT molecular complexity index is 523. The van der Waals surface area contributed by atoms with Crippen LogP contribution in [0, 0.1) is 0 Å². The zero-order valence-electron chi connectivity index (χ0n) is 12.9. The summed E-state index contributed by atoms with van der Waals surface area (Å²) < 4.78 is 0. The molecular weight excluding hydrogens is 272 g/mol. The molecule has 0 atom stereocenters. The third-order valence-electron chi connectivity index (χ3n) is 2.14. The smallest absolute Gasteiger partial charge is 0.319 e. The SMILES string of the molecule is CC.CNC(=O)Nc1cccc(C(=O)NN=C(C)C)c1O. The average molecular weight is 294 g/mol. The molecule has 1 rings (SSSR count). The highest BCUT2D eigenvalue weighted by Crippen LogP contribution is 2.27. The fourth-order valence-corrected chi connectivity index (χ4v) is 1.24. The number of aromatic hydroxyl groups is 1. The van der Waals surface area contributed by atoms with Gasteiger partial charge in [0, 0.05) is 12.8 Å². The maximum absolute atomic E-state index is 11.8. The Hall–Kier alpha value is -2.57. The van der Waals surface area contributed by atoms with Crippen LogP contribution in [0.5, 0.6) is 5.75 Å². The lowest BCUT2D eigenvalue weighted by Gasteiger charge is -2.09. The normalized spacial score (nSPS) is 8.81. The van der Waals surface area contributed by atoms with Crippen LogP contribution in [0.25, 0.3) is 0 Å². The van der Waals surface area contributed by atoms with Gasteiger partial charge in [0.05, 0.1) is 11.3 Å². The van der Waals surface area contributed by atoms with Gasteiger partial charge in [0.25, 0.3) is 5.91 Å². The van der Waals surface area contributed by atoms with Gasteiger partial charge in [-0.15, -0.1) is 0 Å². The van der Waals surface area contributed by atoms with Crippen molar-refractivity contribution in [2.24, 2.45) is 5.10 Å². The van der Waals surface area contributed by atoms with Gasteiger partial charge < -0.3 is 15.7 Å². The number of hydrogen-bond donors (Lipinski definition) is 4. The van der Waals surface area contributed by atoms with E-state index >= 15 is 0 Å². The standard InChI is InChI=1S/C12H16N4O3.C2H6/c1-7(2)15-16-11(18)8-5-4-6-9(10(8)17)14-12(19)13-3;1-2/h4-6,17H,1-3H3,(H,16,18)(H2,13,14,19);1-2H3. The molecule has 0 bridgehead atoms. The number of carbonyl (C=O) groups is 2. The lowest BCUT2D eigenvalue weighted by molar-refractivity contribution is 0.0952. The molecule has 0 aliphatic rings. The van der Waals surface area contributed by atoms with Crippen LogP contribution in [0.2, 0.25) is 0 Å². The predicted octanol–water partition coefficient (Wildman–Crippen LogP) is 2.30. The maximum atomic E-state index is 11.8. The van der Waals surface area contributed by atoms with Crippen LogP contribution in [-0.2, 0) is 0 Å². The second-order valence-electron chi connectivity index (χ2n) is 3.91. The second-order valence-corrected chi connectivity index (χ2v) is 3.91. The molecule has 4 N–H and O–H groups in total. The largest absolute Gasteiger partial charge is 0.505 e. The molecule has 21 heavy (non-hydrogen) atoms. The summed E-state index contributed by atoms with van der Waals surface area (Å²) in [5.74, 6) is -0.869. The van der Waals surface area contributed by atoms with Crippen LogP contribution in [0.1, 0.15) is 38.1 Å². The third kappa shape index (κ3) is 5.94. The number of rotatable bonds is 3. The van der Waals surface area contributed by atoms with Gasteiger partial charge in [-0.3, -0.25) is 4.79 Å². The number of anilines is 1. The van der Waals surface area contributed by atoms with Gasteiger partial charge in [0.2, 0.25) is 0 Å². The Kier molecular flexibility index (Phi) is 8.21. The number of phenols is 1. The molecule has 0 radical (unpaired) electrons. The molecule has 116 valence electrons. The van der Waals surface area contributed by atoms with Crippen LogP contribution < -0.4 is 16.1 Å². The molecule has 1 aromatic rings. The molecule has 0 fully saturated rings. The van der Waals surface area contributed by atoms with E-state index in [-0.39, 0.29) is 17.0 Å². The Morgan fingerprint density at radius 3 is 2.33 bits per heavy atom. The number of para-hydroxylation sites is 1. The van der Waals surface area contributed by atoms with E-state index in [4.69, 9.17) is 0 Å². The molecule has 0 heterocycles. The van der Waals surface area contributed by atoms with Gasteiger partial charge in [-0.05, 0) is 26.0 Å². The quantitative estimate of drug-likeness (QED) is 0.390. The lowest BCUT2D eigenvalue weighted by Crippen LogP contribution is -2.25. The van der Waals surface area contributed by atoms with Crippen molar-refractivity contribution >= 4 is 23.3 Å². The van der Waals surface area contributed by atoms with Gasteiger partial charge >= 0.3 is 6.03 Å². The number of benzene rings is 1. The molecule has 0 saturated heterocycles. The Labute approximate surface area is 124 Å². The third-order valence-corrected chi connectivity index (χ3v) is 2.14. The number of nitrogens with one attached hydrogen (secondary N) is 3. The molecule has 0 aromatic heterocycles. The minimum atomic E-state index is -0.556. The van der Waals surface area contributed by atoms with E-state index < -0.39 is 11.9 Å². The van der Waals surface area contributed by atoms with Crippen molar-refractivity contribution in [2.75, 3.05) is 12.4 Å². The zero-order valence-corrected chi connectivity index (χ0v) is 12.9. The summed E-state index contributed by atoms with van der Waals surface area (Å²) >= 11 is 0. The van der Waals surface area contributed by atoms with Crippen molar-refractivity contribution in [2.45, 2.75) is 27.7 Å². The van der Waals surface area contributed by atoms with Crippen LogP contribution >= 0.6 is 0 Å². The summed E-state index contributed by atoms with van der Waals surface area (Å²) in [4.78, 5) is 22.9. The van der Waals surface area contributed by atoms with Crippen LogP contribution in [-0.4, -0.2) is 29.8 Å². The second kappa shape index (κ2) is 9.35. The molecule has 7 heteroatoms. The number of hydrogen-bond acceptors (Lipinski definition) is 4. The number of nitrogens with zero attached hydrogens (tertiary/aromatic N) is 1. The molecule has 0 saturated carbocycles. The van der Waals surface area contributed by atoms with Crippen LogP contribution in [0.4, 0.5) is 10.5 Å². The fraction of sp³-hybridized carbons (Fsp3) is 0.357. The van der Waals surface area contributed by atoms with Crippen molar-refractivity contribution in [3.63, 3.8) is 0 Å². The number of hydrazone groups is 1. The number of phenolic OH excluding ortho intramolecular Hbond substituents is 1. The molecular formula is C14H22N4O3. The summed E-state index contributed by atoms with van der Waals surface area (Å²) in [5, 5.41) is 18.4. The summed E-state index contributed by atoms with van der Waals surface area (Å²) in [6, 6.07) is 3.97. The van der Waals surface area contributed by atoms with Crippen molar-refractivity contribution in [3.8, 4) is 5.75 Å². The molecule has 0 unspecified atom stereocenters. The van der Waals surface area contributed by atoms with Crippen molar-refractivity contribution < 1.29 is 14.7 Å². The van der Waals surface area contributed by atoms with Gasteiger partial charge in [-0.25, -0.2) is 10.2 Å². The molecule has 0 aliphatic heterocycles. The highest BCUT2D eigenvalue weighted by Gasteiger charge is 2.14. The number of carbonyl (C=O) groups excluding carboxylic acids is 2. The first-order valence-corrected chi connectivity index (χ1v) is 6.57. The van der Waals surface area contributed by atoms with E-state index in [1.807, 2.05) is 13.8 Å². The van der Waals surface area contributed by atoms with E-state index in [2.05, 4.69) is 21.2 Å². The zero-order chi connectivity index (χ0) is 16.4. The number of urea groups is 1. The maximum Gasteiger partial charge on any atom is 0.319 e. The van der Waals surface area contributed by atoms with Gasteiger partial charge in [-0.2, -0.15) is 5.10 Å². The lowest BCUT2D eigenvalue weighted by atomic mass is 10.1. The van der Waals surface area contributed by atoms with Crippen molar-refractivity contribution in [1.29, 1.82) is 0 Å². The van der Waals surface area contributed by atoms with Crippen molar-refractivity contribution in [3.05, 3.63) is 23.8 Å². The van der Waals surface area contributed by atoms with Crippen LogP contribution in [0.3, 0.4) is 0 Å². The van der Waals surface area contributed by atoms with Crippen molar-refractivity contribution in [1.82, 2.24) is 10.7 Å². The topological polar surface area (TPSA) is 103 Å². The summed E-state index contributed by atoms with van der Waals surface area (Å²) in [6.07, 6.45) is 0. The Balaban J connectivity index is 0.00000191. The van der Waals surface area contributed by atoms with E-state index in [1.54, 1.807) is 19.9 Å². The first-order chi connectivity index (χ1) is 9.95. The summed E-state index contributed by atoms with van der Waals surface area (Å²) in [5.41, 5.74) is 3.14. The van der Waals surface area contributed by atoms with E-state index in [9.17, 15) is 14.7 Å². The average Bonchev–Trinajstić information content (AvgIpc) is 2.48. The van der Waals surface area contributed by atoms with Gasteiger partial charge in [-0.1, -0.05) is 19.9 Å². The minimum absolute atomic E-state index is 0.0268. The highest BCUT2D eigenvalue weighted by molar-refractivity contribution is 6.01. The predicted molar refractivity (Wildman–Crippen MR) is 83.8 cm³/mol. The number of amides is 3. The molecule has 0 aliphatic carbocycles. The van der Waals surface area contributed by atoms with Gasteiger partial charge in [0.15, 0.2) is 5.75 Å². The monoisotopic (exact) mass is 294 g/mol. The fourth-order valence-electron chi connectivity index (χ4n) is 1.24. The minimum Gasteiger partial charge on any atom is -0.505 e. The molecule has 7 nitrogen and oxygen atoms in total. The summed E-state index contributed by atoms with van der Waals surface area (Å²) in [7, 11) is 1.45. The highest BCUT2D eigenvalue weighted by atomic mass is 16.3. The molecule has 3 amide bonds. The summed E-state index contributed by atoms with van der Waals surface area (Å²) in [6.45, 7) is 7.45. The molecule has 1 aromatic carbocycles.